The molecular weight excluding hydrogens is 226 g/mol. The van der Waals surface area contributed by atoms with Crippen molar-refractivity contribution in [2.24, 2.45) is 11.8 Å². The first-order chi connectivity index (χ1) is 8.75. The highest BCUT2D eigenvalue weighted by molar-refractivity contribution is 6.04. The van der Waals surface area contributed by atoms with E-state index in [0.29, 0.717) is 11.6 Å². The maximum atomic E-state index is 12.1. The van der Waals surface area contributed by atoms with Crippen LogP contribution in [0.15, 0.2) is 24.3 Å². The van der Waals surface area contributed by atoms with Gasteiger partial charge >= 0.3 is 0 Å². The number of nitrogens with zero attached hydrogens (tertiary/aromatic N) is 1. The molecule has 0 aliphatic heterocycles. The monoisotopic (exact) mass is 243 g/mol. The van der Waals surface area contributed by atoms with E-state index in [1.165, 1.54) is 12.8 Å². The number of hydrogen-bond acceptors (Lipinski definition) is 2. The van der Waals surface area contributed by atoms with Gasteiger partial charge in [-0.05, 0) is 30.7 Å². The Kier molecular flexibility index (Phi) is 2.78. The van der Waals surface area contributed by atoms with E-state index in [1.54, 1.807) is 0 Å². The molecule has 0 spiro atoms. The largest absolute Gasteiger partial charge is 0.350 e. The minimum absolute atomic E-state index is 0.0834. The summed E-state index contributed by atoms with van der Waals surface area (Å²) in [5.41, 5.74) is 1.39. The van der Waals surface area contributed by atoms with Crippen LogP contribution in [0.4, 0.5) is 0 Å². The van der Waals surface area contributed by atoms with Crippen molar-refractivity contribution < 1.29 is 4.79 Å². The molecule has 94 valence electrons. The van der Waals surface area contributed by atoms with E-state index in [1.807, 2.05) is 24.3 Å². The van der Waals surface area contributed by atoms with Crippen LogP contribution < -0.4 is 5.32 Å². The first kappa shape index (κ1) is 11.3. The first-order valence-corrected chi connectivity index (χ1v) is 6.47. The second-order valence-corrected chi connectivity index (χ2v) is 5.14. The Balaban J connectivity index is 1.71. The van der Waals surface area contributed by atoms with Crippen LogP contribution in [0.2, 0.25) is 0 Å². The zero-order valence-electron chi connectivity index (χ0n) is 10.4. The van der Waals surface area contributed by atoms with Gasteiger partial charge in [0.2, 0.25) is 0 Å². The van der Waals surface area contributed by atoms with Gasteiger partial charge in [-0.2, -0.15) is 5.10 Å². The van der Waals surface area contributed by atoms with Crippen LogP contribution in [0.3, 0.4) is 0 Å². The average Bonchev–Trinajstić information content (AvgIpc) is 3.15. The number of rotatable bonds is 4. The molecule has 2 aromatic rings. The molecule has 1 aliphatic carbocycles. The lowest BCUT2D eigenvalue weighted by Gasteiger charge is -2.10. The summed E-state index contributed by atoms with van der Waals surface area (Å²) in [5, 5.41) is 10.8. The number of carbonyl (C=O) groups excluding carboxylic acids is 1. The minimum atomic E-state index is -0.0834. The van der Waals surface area contributed by atoms with Crippen molar-refractivity contribution in [3.63, 3.8) is 0 Å². The van der Waals surface area contributed by atoms with Crippen LogP contribution in [-0.2, 0) is 0 Å². The normalized spacial score (nSPS) is 16.7. The fraction of sp³-hybridized carbons (Fsp3) is 0.429. The van der Waals surface area contributed by atoms with Gasteiger partial charge in [0.05, 0.1) is 5.52 Å². The second kappa shape index (κ2) is 4.44. The van der Waals surface area contributed by atoms with Crippen LogP contribution >= 0.6 is 0 Å². The number of para-hydroxylation sites is 1. The van der Waals surface area contributed by atoms with Gasteiger partial charge in [-0.3, -0.25) is 9.89 Å². The molecule has 1 aromatic carbocycles. The molecular formula is C14H17N3O. The van der Waals surface area contributed by atoms with Gasteiger partial charge < -0.3 is 5.32 Å². The Hall–Kier alpha value is -1.84. The lowest BCUT2D eigenvalue weighted by Crippen LogP contribution is -2.29. The van der Waals surface area contributed by atoms with Crippen LogP contribution in [0, 0.1) is 11.8 Å². The number of nitrogens with one attached hydrogen (secondary N) is 2. The molecule has 4 heteroatoms. The van der Waals surface area contributed by atoms with E-state index < -0.39 is 0 Å². The summed E-state index contributed by atoms with van der Waals surface area (Å²) >= 11 is 0. The fourth-order valence-electron chi connectivity index (χ4n) is 2.31. The molecule has 1 unspecified atom stereocenters. The molecule has 1 saturated carbocycles. The summed E-state index contributed by atoms with van der Waals surface area (Å²) in [6, 6.07) is 7.68. The average molecular weight is 243 g/mol. The molecule has 2 N–H and O–H groups in total. The van der Waals surface area contributed by atoms with E-state index in [2.05, 4.69) is 22.4 Å². The number of aromatic nitrogens is 2. The molecule has 1 aliphatic rings. The van der Waals surface area contributed by atoms with E-state index in [-0.39, 0.29) is 5.91 Å². The predicted molar refractivity (Wildman–Crippen MR) is 70.3 cm³/mol. The lowest BCUT2D eigenvalue weighted by molar-refractivity contribution is 0.0943. The van der Waals surface area contributed by atoms with Crippen molar-refractivity contribution >= 4 is 16.8 Å². The van der Waals surface area contributed by atoms with Crippen molar-refractivity contribution in [1.82, 2.24) is 15.5 Å². The van der Waals surface area contributed by atoms with Crippen LogP contribution in [-0.4, -0.2) is 22.6 Å². The maximum Gasteiger partial charge on any atom is 0.272 e. The summed E-state index contributed by atoms with van der Waals surface area (Å²) in [4.78, 5) is 12.1. The quantitative estimate of drug-likeness (QED) is 0.866. The Morgan fingerprint density at radius 1 is 1.50 bits per heavy atom. The lowest BCUT2D eigenvalue weighted by atomic mass is 10.1. The Morgan fingerprint density at radius 3 is 3.06 bits per heavy atom. The minimum Gasteiger partial charge on any atom is -0.350 e. The third-order valence-electron chi connectivity index (χ3n) is 3.70. The molecule has 3 rings (SSSR count). The fourth-order valence-corrected chi connectivity index (χ4v) is 2.31. The van der Waals surface area contributed by atoms with Crippen LogP contribution in [0.5, 0.6) is 0 Å². The number of aromatic amines is 1. The molecule has 18 heavy (non-hydrogen) atoms. The standard InChI is InChI=1S/C14H17N3O/c1-9(10-6-7-10)8-15-14(18)13-11-4-2-3-5-12(11)16-17-13/h2-5,9-10H,6-8H2,1H3,(H,15,18)(H,16,17). The summed E-state index contributed by atoms with van der Waals surface area (Å²) in [7, 11) is 0. The first-order valence-electron chi connectivity index (χ1n) is 6.47. The summed E-state index contributed by atoms with van der Waals surface area (Å²) in [6.07, 6.45) is 2.62. The molecule has 0 bridgehead atoms. The highest BCUT2D eigenvalue weighted by Crippen LogP contribution is 2.36. The van der Waals surface area contributed by atoms with Crippen molar-refractivity contribution in [2.45, 2.75) is 19.8 Å². The van der Waals surface area contributed by atoms with Crippen molar-refractivity contribution in [3.05, 3.63) is 30.0 Å². The number of hydrogen-bond donors (Lipinski definition) is 2. The van der Waals surface area contributed by atoms with Crippen molar-refractivity contribution in [3.8, 4) is 0 Å². The van der Waals surface area contributed by atoms with Crippen LogP contribution in [0.1, 0.15) is 30.3 Å². The van der Waals surface area contributed by atoms with Gasteiger partial charge in [0.15, 0.2) is 5.69 Å². The van der Waals surface area contributed by atoms with Gasteiger partial charge in [-0.25, -0.2) is 0 Å². The number of H-pyrrole nitrogens is 1. The summed E-state index contributed by atoms with van der Waals surface area (Å²) in [5.74, 6) is 1.29. The molecule has 1 aromatic heterocycles. The highest BCUT2D eigenvalue weighted by Gasteiger charge is 2.28. The third kappa shape index (κ3) is 2.10. The third-order valence-corrected chi connectivity index (χ3v) is 3.70. The zero-order chi connectivity index (χ0) is 12.5. The number of amides is 1. The number of benzene rings is 1. The topological polar surface area (TPSA) is 57.8 Å². The van der Waals surface area contributed by atoms with Gasteiger partial charge in [0.1, 0.15) is 0 Å². The van der Waals surface area contributed by atoms with Crippen molar-refractivity contribution in [2.75, 3.05) is 6.54 Å². The molecule has 0 saturated heterocycles. The second-order valence-electron chi connectivity index (χ2n) is 5.14. The smallest absolute Gasteiger partial charge is 0.272 e. The molecule has 1 heterocycles. The Morgan fingerprint density at radius 2 is 2.28 bits per heavy atom. The number of fused-ring (bicyclic) bond motifs is 1. The highest BCUT2D eigenvalue weighted by atomic mass is 16.1. The molecule has 1 atom stereocenters. The molecule has 1 amide bonds. The zero-order valence-corrected chi connectivity index (χ0v) is 10.4. The Labute approximate surface area is 106 Å². The van der Waals surface area contributed by atoms with E-state index in [0.717, 1.165) is 23.4 Å². The SMILES string of the molecule is CC(CNC(=O)c1n[nH]c2ccccc12)C1CC1. The summed E-state index contributed by atoms with van der Waals surface area (Å²) < 4.78 is 0. The van der Waals surface area contributed by atoms with E-state index in [9.17, 15) is 4.79 Å². The van der Waals surface area contributed by atoms with E-state index in [4.69, 9.17) is 0 Å². The number of carbonyl (C=O) groups is 1. The van der Waals surface area contributed by atoms with Gasteiger partial charge in [-0.1, -0.05) is 25.1 Å². The van der Waals surface area contributed by atoms with Crippen LogP contribution in [0.25, 0.3) is 10.9 Å². The molecule has 0 radical (unpaired) electrons. The van der Waals surface area contributed by atoms with E-state index >= 15 is 0 Å². The van der Waals surface area contributed by atoms with Crippen molar-refractivity contribution in [1.29, 1.82) is 0 Å². The van der Waals surface area contributed by atoms with Gasteiger partial charge in [-0.15, -0.1) is 0 Å². The van der Waals surface area contributed by atoms with Gasteiger partial charge in [0.25, 0.3) is 5.91 Å². The maximum absolute atomic E-state index is 12.1. The predicted octanol–water partition coefficient (Wildman–Crippen LogP) is 2.34. The Bertz CT molecular complexity index is 571. The molecule has 4 nitrogen and oxygen atoms in total. The van der Waals surface area contributed by atoms with Gasteiger partial charge in [0, 0.05) is 11.9 Å². The molecule has 1 fully saturated rings. The summed E-state index contributed by atoms with van der Waals surface area (Å²) in [6.45, 7) is 2.94.